The molecule has 1 amide bonds. The van der Waals surface area contributed by atoms with Gasteiger partial charge in [0.2, 0.25) is 5.91 Å². The minimum atomic E-state index is -0.281. The molecule has 2 N–H and O–H groups in total. The van der Waals surface area contributed by atoms with E-state index in [1.807, 2.05) is 13.8 Å². The van der Waals surface area contributed by atoms with Gasteiger partial charge < -0.3 is 5.32 Å². The van der Waals surface area contributed by atoms with Gasteiger partial charge in [0.15, 0.2) is 0 Å². The summed E-state index contributed by atoms with van der Waals surface area (Å²) in [6, 6.07) is 6.26. The summed E-state index contributed by atoms with van der Waals surface area (Å²) in [6.07, 6.45) is 1.61. The highest BCUT2D eigenvalue weighted by Crippen LogP contribution is 2.22. The Hall–Kier alpha value is -2.24. The van der Waals surface area contributed by atoms with Crippen molar-refractivity contribution in [2.75, 3.05) is 0 Å². The van der Waals surface area contributed by atoms with Gasteiger partial charge in [-0.05, 0) is 24.5 Å². The van der Waals surface area contributed by atoms with Crippen LogP contribution in [0.25, 0.3) is 0 Å². The van der Waals surface area contributed by atoms with Crippen LogP contribution in [0.3, 0.4) is 0 Å². The average Bonchev–Trinajstić information content (AvgIpc) is 2.92. The zero-order valence-electron chi connectivity index (χ0n) is 11.4. The molecule has 1 aromatic carbocycles. The third-order valence-corrected chi connectivity index (χ3v) is 3.15. The van der Waals surface area contributed by atoms with E-state index in [0.29, 0.717) is 11.4 Å². The van der Waals surface area contributed by atoms with Crippen LogP contribution < -0.4 is 5.32 Å². The van der Waals surface area contributed by atoms with Gasteiger partial charge >= 0.3 is 0 Å². The van der Waals surface area contributed by atoms with Crippen LogP contribution in [0.2, 0.25) is 0 Å². The predicted octanol–water partition coefficient (Wildman–Crippen LogP) is 2.31. The number of rotatable bonds is 5. The molecule has 0 aliphatic heterocycles. The first kappa shape index (κ1) is 14.2. The molecule has 2 atom stereocenters. The van der Waals surface area contributed by atoms with Gasteiger partial charge in [-0.3, -0.25) is 9.89 Å². The molecule has 0 saturated heterocycles. The Morgan fingerprint density at radius 1 is 1.40 bits per heavy atom. The topological polar surface area (TPSA) is 70.7 Å². The summed E-state index contributed by atoms with van der Waals surface area (Å²) < 4.78 is 13.6. The minimum Gasteiger partial charge on any atom is -0.346 e. The molecule has 6 heteroatoms. The molecule has 0 radical (unpaired) electrons. The van der Waals surface area contributed by atoms with Crippen LogP contribution >= 0.6 is 0 Å². The lowest BCUT2D eigenvalue weighted by Crippen LogP contribution is -2.28. The van der Waals surface area contributed by atoms with Gasteiger partial charge in [0, 0.05) is 6.42 Å². The summed E-state index contributed by atoms with van der Waals surface area (Å²) >= 11 is 0. The second kappa shape index (κ2) is 6.27. The van der Waals surface area contributed by atoms with E-state index in [4.69, 9.17) is 0 Å². The van der Waals surface area contributed by atoms with E-state index in [1.54, 1.807) is 18.2 Å². The van der Waals surface area contributed by atoms with E-state index in [2.05, 4.69) is 20.5 Å². The molecule has 106 valence electrons. The van der Waals surface area contributed by atoms with E-state index in [1.165, 1.54) is 12.4 Å². The molecule has 2 aromatic rings. The second-order valence-electron chi connectivity index (χ2n) is 4.79. The summed E-state index contributed by atoms with van der Waals surface area (Å²) in [5.41, 5.74) is 0.551. The number of H-pyrrole nitrogens is 1. The Kier molecular flexibility index (Phi) is 4.45. The van der Waals surface area contributed by atoms with Gasteiger partial charge in [-0.2, -0.15) is 5.10 Å². The minimum absolute atomic E-state index is 0.148. The van der Waals surface area contributed by atoms with Gasteiger partial charge in [-0.25, -0.2) is 9.37 Å². The lowest BCUT2D eigenvalue weighted by atomic mass is 9.97. The van der Waals surface area contributed by atoms with Crippen LogP contribution in [0.4, 0.5) is 4.39 Å². The standard InChI is InChI=1S/C14H17FN4O/c1-9(11-5-3-4-6-12(11)15)7-13(20)18-10(2)14-16-8-17-19-14/h3-6,8-10H,7H2,1-2H3,(H,18,20)(H,16,17,19)/t9-,10+/m1/s1. The van der Waals surface area contributed by atoms with Crippen LogP contribution in [0.15, 0.2) is 30.6 Å². The van der Waals surface area contributed by atoms with Gasteiger partial charge in [-0.15, -0.1) is 0 Å². The van der Waals surface area contributed by atoms with Crippen molar-refractivity contribution in [3.05, 3.63) is 47.8 Å². The number of hydrogen-bond acceptors (Lipinski definition) is 3. The van der Waals surface area contributed by atoms with Crippen molar-refractivity contribution in [2.24, 2.45) is 0 Å². The first-order valence-corrected chi connectivity index (χ1v) is 6.47. The van der Waals surface area contributed by atoms with Crippen molar-refractivity contribution < 1.29 is 9.18 Å². The Bertz CT molecular complexity index is 570. The molecule has 1 aromatic heterocycles. The van der Waals surface area contributed by atoms with E-state index in [9.17, 15) is 9.18 Å². The maximum atomic E-state index is 13.6. The van der Waals surface area contributed by atoms with Crippen molar-refractivity contribution in [1.29, 1.82) is 0 Å². The van der Waals surface area contributed by atoms with Crippen LogP contribution in [0.1, 0.15) is 43.6 Å². The lowest BCUT2D eigenvalue weighted by Gasteiger charge is -2.15. The largest absolute Gasteiger partial charge is 0.346 e. The highest BCUT2D eigenvalue weighted by atomic mass is 19.1. The van der Waals surface area contributed by atoms with Crippen molar-refractivity contribution in [2.45, 2.75) is 32.2 Å². The first-order chi connectivity index (χ1) is 9.58. The van der Waals surface area contributed by atoms with Gasteiger partial charge in [-0.1, -0.05) is 25.1 Å². The number of aromatic amines is 1. The number of hydrogen-bond donors (Lipinski definition) is 2. The molecule has 0 aliphatic rings. The normalized spacial score (nSPS) is 13.8. The molecule has 2 rings (SSSR count). The molecule has 1 heterocycles. The van der Waals surface area contributed by atoms with Crippen molar-refractivity contribution in [1.82, 2.24) is 20.5 Å². The zero-order chi connectivity index (χ0) is 14.5. The third kappa shape index (κ3) is 3.40. The second-order valence-corrected chi connectivity index (χ2v) is 4.79. The molecule has 0 bridgehead atoms. The molecular weight excluding hydrogens is 259 g/mol. The Balaban J connectivity index is 1.93. The molecule has 0 aliphatic carbocycles. The van der Waals surface area contributed by atoms with Gasteiger partial charge in [0.05, 0.1) is 6.04 Å². The number of aromatic nitrogens is 3. The number of carbonyl (C=O) groups excluding carboxylic acids is 1. The highest BCUT2D eigenvalue weighted by molar-refractivity contribution is 5.77. The smallest absolute Gasteiger partial charge is 0.221 e. The Morgan fingerprint density at radius 2 is 2.15 bits per heavy atom. The van der Waals surface area contributed by atoms with Gasteiger partial charge in [0.1, 0.15) is 18.0 Å². The van der Waals surface area contributed by atoms with Crippen LogP contribution in [0.5, 0.6) is 0 Å². The number of amides is 1. The monoisotopic (exact) mass is 276 g/mol. The molecule has 0 unspecified atom stereocenters. The lowest BCUT2D eigenvalue weighted by molar-refractivity contribution is -0.122. The Morgan fingerprint density at radius 3 is 2.80 bits per heavy atom. The van der Waals surface area contributed by atoms with E-state index >= 15 is 0 Å². The molecule has 0 fully saturated rings. The Labute approximate surface area is 116 Å². The summed E-state index contributed by atoms with van der Waals surface area (Å²) in [4.78, 5) is 15.9. The summed E-state index contributed by atoms with van der Waals surface area (Å²) in [5, 5.41) is 9.24. The van der Waals surface area contributed by atoms with Crippen LogP contribution in [-0.4, -0.2) is 21.1 Å². The number of nitrogens with one attached hydrogen (secondary N) is 2. The van der Waals surface area contributed by atoms with Crippen molar-refractivity contribution in [3.8, 4) is 0 Å². The predicted molar refractivity (Wildman–Crippen MR) is 72.4 cm³/mol. The fourth-order valence-corrected chi connectivity index (χ4v) is 2.06. The summed E-state index contributed by atoms with van der Waals surface area (Å²) in [6.45, 7) is 3.64. The molecule has 20 heavy (non-hydrogen) atoms. The van der Waals surface area contributed by atoms with E-state index in [-0.39, 0.29) is 30.1 Å². The molecule has 0 saturated carbocycles. The summed E-state index contributed by atoms with van der Waals surface area (Å²) in [7, 11) is 0. The molecule has 0 spiro atoms. The third-order valence-electron chi connectivity index (χ3n) is 3.15. The van der Waals surface area contributed by atoms with Gasteiger partial charge in [0.25, 0.3) is 0 Å². The number of halogens is 1. The van der Waals surface area contributed by atoms with Crippen LogP contribution in [-0.2, 0) is 4.79 Å². The fourth-order valence-electron chi connectivity index (χ4n) is 2.06. The average molecular weight is 276 g/mol. The summed E-state index contributed by atoms with van der Waals surface area (Å²) in [5.74, 6) is -0.0178. The van der Waals surface area contributed by atoms with Crippen molar-refractivity contribution >= 4 is 5.91 Å². The SMILES string of the molecule is C[C@H](CC(=O)N[C@@H](C)c1ncn[nH]1)c1ccccc1F. The number of nitrogens with zero attached hydrogens (tertiary/aromatic N) is 2. The van der Waals surface area contributed by atoms with E-state index < -0.39 is 0 Å². The van der Waals surface area contributed by atoms with Crippen molar-refractivity contribution in [3.63, 3.8) is 0 Å². The zero-order valence-corrected chi connectivity index (χ0v) is 11.4. The molecule has 5 nitrogen and oxygen atoms in total. The number of carbonyl (C=O) groups is 1. The quantitative estimate of drug-likeness (QED) is 0.880. The maximum absolute atomic E-state index is 13.6. The number of benzene rings is 1. The highest BCUT2D eigenvalue weighted by Gasteiger charge is 2.17. The molecular formula is C14H17FN4O. The van der Waals surface area contributed by atoms with Crippen LogP contribution in [0, 0.1) is 5.82 Å². The fraction of sp³-hybridized carbons (Fsp3) is 0.357. The van der Waals surface area contributed by atoms with E-state index in [0.717, 1.165) is 0 Å². The maximum Gasteiger partial charge on any atom is 0.221 e. The first-order valence-electron chi connectivity index (χ1n) is 6.47.